The molecular formula is C22H26N4O3S. The zero-order valence-electron chi connectivity index (χ0n) is 17.2. The first kappa shape index (κ1) is 20.6. The highest BCUT2D eigenvalue weighted by Gasteiger charge is 2.27. The minimum atomic E-state index is -3.31. The van der Waals surface area contributed by atoms with Crippen molar-refractivity contribution in [2.45, 2.75) is 30.2 Å². The van der Waals surface area contributed by atoms with Gasteiger partial charge in [-0.25, -0.2) is 8.42 Å². The van der Waals surface area contributed by atoms with Crippen LogP contribution in [0.15, 0.2) is 53.7 Å². The molecule has 0 amide bonds. The maximum absolute atomic E-state index is 12.2. The van der Waals surface area contributed by atoms with E-state index in [0.29, 0.717) is 10.6 Å². The molecule has 1 aliphatic heterocycles. The number of H-pyrrole nitrogens is 1. The summed E-state index contributed by atoms with van der Waals surface area (Å²) in [6, 6.07) is 11.2. The number of rotatable bonds is 6. The summed E-state index contributed by atoms with van der Waals surface area (Å²) in [6.45, 7) is 2.48. The number of aromatic nitrogens is 3. The maximum Gasteiger partial charge on any atom is 0.177 e. The van der Waals surface area contributed by atoms with E-state index >= 15 is 0 Å². The predicted molar refractivity (Wildman–Crippen MR) is 115 cm³/mol. The molecule has 8 heteroatoms. The Kier molecular flexibility index (Phi) is 5.87. The second kappa shape index (κ2) is 8.57. The average Bonchev–Trinajstić information content (AvgIpc) is 3.21. The van der Waals surface area contributed by atoms with Crippen LogP contribution in [0.2, 0.25) is 0 Å². The van der Waals surface area contributed by atoms with E-state index in [1.54, 1.807) is 25.4 Å². The van der Waals surface area contributed by atoms with Crippen molar-refractivity contribution in [3.05, 3.63) is 60.0 Å². The van der Waals surface area contributed by atoms with Crippen LogP contribution in [0, 0.1) is 0 Å². The summed E-state index contributed by atoms with van der Waals surface area (Å²) in [6.07, 6.45) is 6.74. The highest BCUT2D eigenvalue weighted by Crippen LogP contribution is 2.31. The molecule has 3 aromatic rings. The quantitative estimate of drug-likeness (QED) is 0.651. The molecule has 1 aromatic carbocycles. The van der Waals surface area contributed by atoms with Gasteiger partial charge in [0.05, 0.1) is 29.6 Å². The van der Waals surface area contributed by atoms with Crippen LogP contribution in [0.3, 0.4) is 0 Å². The fourth-order valence-corrected chi connectivity index (χ4v) is 5.05. The van der Waals surface area contributed by atoms with Crippen LogP contribution in [0.4, 0.5) is 0 Å². The summed E-state index contributed by atoms with van der Waals surface area (Å²) in [7, 11) is -1.65. The van der Waals surface area contributed by atoms with Crippen LogP contribution < -0.4 is 4.74 Å². The van der Waals surface area contributed by atoms with E-state index in [0.717, 1.165) is 55.0 Å². The van der Waals surface area contributed by atoms with Gasteiger partial charge in [0.15, 0.2) is 9.84 Å². The van der Waals surface area contributed by atoms with E-state index in [4.69, 9.17) is 4.74 Å². The average molecular weight is 427 g/mol. The third-order valence-corrected chi connectivity index (χ3v) is 6.73. The smallest absolute Gasteiger partial charge is 0.177 e. The lowest BCUT2D eigenvalue weighted by Gasteiger charge is -2.33. The molecule has 3 heterocycles. The first-order valence-electron chi connectivity index (χ1n) is 9.99. The number of hydrogen-bond donors (Lipinski definition) is 1. The predicted octanol–water partition coefficient (Wildman–Crippen LogP) is 3.26. The number of nitrogens with zero attached hydrogens (tertiary/aromatic N) is 3. The number of hydrogen-bond acceptors (Lipinski definition) is 6. The summed E-state index contributed by atoms with van der Waals surface area (Å²) in [5, 5.41) is 7.37. The second-order valence-corrected chi connectivity index (χ2v) is 9.72. The molecule has 30 heavy (non-hydrogen) atoms. The third-order valence-electron chi connectivity index (χ3n) is 5.58. The number of sulfone groups is 1. The number of piperidine rings is 1. The molecule has 1 saturated heterocycles. The highest BCUT2D eigenvalue weighted by molar-refractivity contribution is 7.90. The van der Waals surface area contributed by atoms with Gasteiger partial charge in [0.1, 0.15) is 5.75 Å². The molecule has 1 atom stereocenters. The van der Waals surface area contributed by atoms with Gasteiger partial charge in [0.25, 0.3) is 0 Å². The Hall–Kier alpha value is -2.71. The van der Waals surface area contributed by atoms with E-state index in [-0.39, 0.29) is 5.92 Å². The molecule has 4 rings (SSSR count). The van der Waals surface area contributed by atoms with Gasteiger partial charge in [-0.15, -0.1) is 0 Å². The van der Waals surface area contributed by atoms with Crippen molar-refractivity contribution >= 4 is 9.84 Å². The molecule has 0 spiro atoms. The Morgan fingerprint density at radius 1 is 1.23 bits per heavy atom. The van der Waals surface area contributed by atoms with E-state index in [1.807, 2.05) is 30.5 Å². The summed E-state index contributed by atoms with van der Waals surface area (Å²) in [5.41, 5.74) is 3.85. The lowest BCUT2D eigenvalue weighted by atomic mass is 9.93. The van der Waals surface area contributed by atoms with Crippen LogP contribution in [-0.2, 0) is 16.4 Å². The van der Waals surface area contributed by atoms with Gasteiger partial charge < -0.3 is 4.74 Å². The largest absolute Gasteiger partial charge is 0.497 e. The van der Waals surface area contributed by atoms with Gasteiger partial charge in [-0.3, -0.25) is 15.0 Å². The van der Waals surface area contributed by atoms with Crippen molar-refractivity contribution in [1.82, 2.24) is 20.1 Å². The molecule has 0 saturated carbocycles. The van der Waals surface area contributed by atoms with Crippen molar-refractivity contribution < 1.29 is 13.2 Å². The number of methoxy groups -OCH3 is 1. The fourth-order valence-electron chi connectivity index (χ4n) is 4.12. The van der Waals surface area contributed by atoms with Crippen molar-refractivity contribution in [3.63, 3.8) is 0 Å². The third kappa shape index (κ3) is 4.39. The van der Waals surface area contributed by atoms with E-state index < -0.39 is 9.84 Å². The number of likely N-dealkylation sites (tertiary alicyclic amines) is 1. The van der Waals surface area contributed by atoms with E-state index in [1.165, 1.54) is 6.26 Å². The van der Waals surface area contributed by atoms with Crippen LogP contribution in [-0.4, -0.2) is 55.0 Å². The standard InChI is InChI=1S/C22H26N4O3S/c1-29-19-9-7-16(8-10-19)21-18(13-24-25-21)15-26-12-4-5-17(14-26)22-20(30(2,27)28)6-3-11-23-22/h3,6-11,13,17H,4-5,12,14-15H2,1-2H3,(H,24,25). The molecule has 0 bridgehead atoms. The Bertz CT molecular complexity index is 1110. The van der Waals surface area contributed by atoms with Gasteiger partial charge in [0.2, 0.25) is 0 Å². The summed E-state index contributed by atoms with van der Waals surface area (Å²) < 4.78 is 29.7. The van der Waals surface area contributed by atoms with Crippen LogP contribution in [0.1, 0.15) is 30.0 Å². The zero-order chi connectivity index (χ0) is 21.1. The number of aromatic amines is 1. The molecule has 1 fully saturated rings. The van der Waals surface area contributed by atoms with Crippen molar-refractivity contribution in [1.29, 1.82) is 0 Å². The van der Waals surface area contributed by atoms with Gasteiger partial charge in [0, 0.05) is 42.6 Å². The summed E-state index contributed by atoms with van der Waals surface area (Å²) in [4.78, 5) is 7.15. The monoisotopic (exact) mass is 426 g/mol. The summed E-state index contributed by atoms with van der Waals surface area (Å²) >= 11 is 0. The van der Waals surface area contributed by atoms with Crippen LogP contribution in [0.25, 0.3) is 11.3 Å². The molecule has 1 aliphatic rings. The number of pyridine rings is 1. The lowest BCUT2D eigenvalue weighted by Crippen LogP contribution is -2.34. The first-order valence-corrected chi connectivity index (χ1v) is 11.9. The van der Waals surface area contributed by atoms with Gasteiger partial charge >= 0.3 is 0 Å². The van der Waals surface area contributed by atoms with Crippen molar-refractivity contribution in [2.24, 2.45) is 0 Å². The molecule has 0 radical (unpaired) electrons. The minimum absolute atomic E-state index is 0.0982. The van der Waals surface area contributed by atoms with Crippen LogP contribution in [0.5, 0.6) is 5.75 Å². The first-order chi connectivity index (χ1) is 14.5. The number of nitrogens with one attached hydrogen (secondary N) is 1. The van der Waals surface area contributed by atoms with Crippen molar-refractivity contribution in [3.8, 4) is 17.0 Å². The number of ether oxygens (including phenoxy) is 1. The topological polar surface area (TPSA) is 88.2 Å². The van der Waals surface area contributed by atoms with E-state index in [2.05, 4.69) is 20.1 Å². The Labute approximate surface area is 177 Å². The Balaban J connectivity index is 1.53. The van der Waals surface area contributed by atoms with Crippen molar-refractivity contribution in [2.75, 3.05) is 26.5 Å². The molecule has 7 nitrogen and oxygen atoms in total. The number of benzene rings is 1. The summed E-state index contributed by atoms with van der Waals surface area (Å²) in [5.74, 6) is 0.914. The Morgan fingerprint density at radius 2 is 2.03 bits per heavy atom. The molecule has 158 valence electrons. The lowest BCUT2D eigenvalue weighted by molar-refractivity contribution is 0.197. The van der Waals surface area contributed by atoms with E-state index in [9.17, 15) is 8.42 Å². The van der Waals surface area contributed by atoms with Crippen LogP contribution >= 0.6 is 0 Å². The minimum Gasteiger partial charge on any atom is -0.497 e. The maximum atomic E-state index is 12.2. The molecule has 2 aromatic heterocycles. The SMILES string of the molecule is COc1ccc(-c2[nH]ncc2CN2CCCC(c3ncccc3S(C)(=O)=O)C2)cc1. The zero-order valence-corrected chi connectivity index (χ0v) is 18.0. The van der Waals surface area contributed by atoms with Gasteiger partial charge in [-0.05, 0) is 55.8 Å². The van der Waals surface area contributed by atoms with Gasteiger partial charge in [-0.1, -0.05) is 0 Å². The highest BCUT2D eigenvalue weighted by atomic mass is 32.2. The normalized spacial score (nSPS) is 17.7. The fraction of sp³-hybridized carbons (Fsp3) is 0.364. The molecule has 0 aliphatic carbocycles. The molecule has 1 N–H and O–H groups in total. The molecular weight excluding hydrogens is 400 g/mol. The Morgan fingerprint density at radius 3 is 2.77 bits per heavy atom. The van der Waals surface area contributed by atoms with Gasteiger partial charge in [-0.2, -0.15) is 5.10 Å². The second-order valence-electron chi connectivity index (χ2n) is 7.73. The molecule has 1 unspecified atom stereocenters.